The maximum atomic E-state index is 13.9. The van der Waals surface area contributed by atoms with Crippen molar-refractivity contribution in [3.8, 4) is 5.75 Å². The first-order valence-electron chi connectivity index (χ1n) is 10.5. The Morgan fingerprint density at radius 1 is 1.32 bits per heavy atom. The average Bonchev–Trinajstić information content (AvgIpc) is 3.19. The van der Waals surface area contributed by atoms with Gasteiger partial charge in [0.15, 0.2) is 11.6 Å². The van der Waals surface area contributed by atoms with Gasteiger partial charge in [0.2, 0.25) is 0 Å². The number of rotatable bonds is 5. The van der Waals surface area contributed by atoms with Crippen molar-refractivity contribution >= 4 is 22.7 Å². The summed E-state index contributed by atoms with van der Waals surface area (Å²) < 4.78 is 19.7. The smallest absolute Gasteiger partial charge is 0.283 e. The second kappa shape index (κ2) is 8.09. The van der Waals surface area contributed by atoms with Crippen molar-refractivity contribution < 1.29 is 24.1 Å². The van der Waals surface area contributed by atoms with E-state index in [4.69, 9.17) is 4.74 Å². The van der Waals surface area contributed by atoms with E-state index in [2.05, 4.69) is 10.2 Å². The van der Waals surface area contributed by atoms with E-state index >= 15 is 0 Å². The highest BCUT2D eigenvalue weighted by molar-refractivity contribution is 8.13. The zero-order valence-corrected chi connectivity index (χ0v) is 17.8. The van der Waals surface area contributed by atoms with E-state index in [-0.39, 0.29) is 28.8 Å². The first-order chi connectivity index (χ1) is 14.9. The number of para-hydroxylation sites is 1. The summed E-state index contributed by atoms with van der Waals surface area (Å²) >= 11 is 1.22. The Bertz CT molecular complexity index is 1010. The van der Waals surface area contributed by atoms with E-state index in [9.17, 15) is 19.4 Å². The molecule has 8 heteroatoms. The highest BCUT2D eigenvalue weighted by Crippen LogP contribution is 2.43. The molecule has 3 N–H and O–H groups in total. The molecule has 2 heterocycles. The lowest BCUT2D eigenvalue weighted by Crippen LogP contribution is -2.36. The fourth-order valence-corrected chi connectivity index (χ4v) is 5.74. The second-order valence-corrected chi connectivity index (χ2v) is 9.69. The van der Waals surface area contributed by atoms with Crippen LogP contribution in [-0.2, 0) is 5.75 Å². The van der Waals surface area contributed by atoms with Crippen LogP contribution in [0.25, 0.3) is 0 Å². The molecule has 0 radical (unpaired) electrons. The predicted octanol–water partition coefficient (Wildman–Crippen LogP) is 3.54. The number of carbonyl (C=O) groups excluding carboxylic acids is 1. The fraction of sp³-hybridized carbons (Fsp3) is 0.435. The number of nitrogens with zero attached hydrogens (tertiary/aromatic N) is 1. The molecule has 2 aromatic carbocycles. The Morgan fingerprint density at radius 2 is 2.16 bits per heavy atom. The van der Waals surface area contributed by atoms with Crippen LogP contribution in [0.15, 0.2) is 42.5 Å². The van der Waals surface area contributed by atoms with Gasteiger partial charge in [-0.2, -0.15) is 0 Å². The topological polar surface area (TPSA) is 82.0 Å². The summed E-state index contributed by atoms with van der Waals surface area (Å²) in [5.41, 5.74) is 1.73. The van der Waals surface area contributed by atoms with E-state index in [0.29, 0.717) is 38.2 Å². The van der Waals surface area contributed by atoms with Gasteiger partial charge in [0.05, 0.1) is 11.7 Å². The number of hydrogen-bond donors (Lipinski definition) is 3. The zero-order chi connectivity index (χ0) is 21.6. The van der Waals surface area contributed by atoms with Gasteiger partial charge >= 0.3 is 0 Å². The average molecular weight is 445 g/mol. The Morgan fingerprint density at radius 3 is 2.97 bits per heavy atom. The van der Waals surface area contributed by atoms with Gasteiger partial charge in [-0.1, -0.05) is 36.0 Å². The maximum Gasteiger partial charge on any atom is 0.283 e. The number of amides is 1. The first kappa shape index (κ1) is 20.8. The van der Waals surface area contributed by atoms with Crippen LogP contribution in [0.4, 0.5) is 14.9 Å². The summed E-state index contributed by atoms with van der Waals surface area (Å²) in [5, 5.41) is 24.7. The van der Waals surface area contributed by atoms with Crippen LogP contribution < -0.4 is 10.1 Å². The van der Waals surface area contributed by atoms with E-state index in [1.807, 2.05) is 18.2 Å². The Hall–Kier alpha value is -2.13. The van der Waals surface area contributed by atoms with Crippen molar-refractivity contribution in [1.29, 1.82) is 0 Å². The van der Waals surface area contributed by atoms with Gasteiger partial charge in [-0.05, 0) is 35.7 Å². The lowest BCUT2D eigenvalue weighted by Gasteiger charge is -2.25. The summed E-state index contributed by atoms with van der Waals surface area (Å²) in [6.45, 7) is 1.56. The van der Waals surface area contributed by atoms with Crippen LogP contribution in [0.3, 0.4) is 0 Å². The van der Waals surface area contributed by atoms with Gasteiger partial charge in [-0.25, -0.2) is 4.39 Å². The van der Waals surface area contributed by atoms with Gasteiger partial charge in [0, 0.05) is 43.4 Å². The third kappa shape index (κ3) is 4.17. The zero-order valence-electron chi connectivity index (χ0n) is 17.0. The summed E-state index contributed by atoms with van der Waals surface area (Å²) in [6.07, 6.45) is 0.217. The van der Waals surface area contributed by atoms with Crippen LogP contribution in [0, 0.1) is 11.7 Å². The molecule has 1 amide bonds. The van der Waals surface area contributed by atoms with Crippen LogP contribution in [0.1, 0.15) is 30.1 Å². The van der Waals surface area contributed by atoms with Crippen molar-refractivity contribution in [3.63, 3.8) is 0 Å². The van der Waals surface area contributed by atoms with E-state index in [1.165, 1.54) is 17.8 Å². The molecule has 1 aliphatic carbocycles. The molecule has 5 rings (SSSR count). The minimum atomic E-state index is -0.883. The molecule has 0 spiro atoms. The largest absolute Gasteiger partial charge is 0.487 e. The third-order valence-corrected chi connectivity index (χ3v) is 7.36. The van der Waals surface area contributed by atoms with Crippen molar-refractivity contribution in [2.24, 2.45) is 5.92 Å². The summed E-state index contributed by atoms with van der Waals surface area (Å²) in [7, 11) is 0. The molecular weight excluding hydrogens is 419 g/mol. The molecule has 2 aliphatic heterocycles. The van der Waals surface area contributed by atoms with Gasteiger partial charge in [-0.15, -0.1) is 0 Å². The molecule has 31 heavy (non-hydrogen) atoms. The number of aliphatic hydroxyl groups excluding tert-OH is 1. The molecule has 2 aromatic rings. The number of ether oxygens (including phenoxy) is 1. The summed E-state index contributed by atoms with van der Waals surface area (Å²) in [6, 6.07) is 12.0. The first-order valence-corrected chi connectivity index (χ1v) is 11.5. The molecule has 0 aromatic heterocycles. The number of aliphatic hydroxyl groups is 2. The number of hydrogen-bond acceptors (Lipinski definition) is 6. The number of halogens is 1. The minimum absolute atomic E-state index is 0.0339. The number of β-amino-alcohol motifs (C(OH)–C–C–N with tert-alkyl or cyclic N) is 2. The molecule has 1 unspecified atom stereocenters. The number of anilines is 1. The normalized spacial score (nSPS) is 28.7. The van der Waals surface area contributed by atoms with Gasteiger partial charge in [0.25, 0.3) is 5.24 Å². The second-order valence-electron chi connectivity index (χ2n) is 8.74. The van der Waals surface area contributed by atoms with Gasteiger partial charge in [-0.3, -0.25) is 9.69 Å². The number of carbonyl (C=O) groups is 1. The number of benzene rings is 2. The minimum Gasteiger partial charge on any atom is -0.487 e. The Kier molecular flexibility index (Phi) is 5.42. The quantitative estimate of drug-likeness (QED) is 0.655. The molecule has 0 bridgehead atoms. The van der Waals surface area contributed by atoms with Gasteiger partial charge < -0.3 is 20.3 Å². The standard InChI is InChI=1S/C23H25FN2O4S/c24-18-3-1-2-4-21(18)30-17-8-16-10-26(13-23(16,29)9-17)11-20(27)14-5-6-19-15(7-14)12-31-22(28)25-19/h1-7,16-17,20,27,29H,8-13H2,(H,25,28)/t16-,17+,20?,23-/m1/s1. The van der Waals surface area contributed by atoms with E-state index in [0.717, 1.165) is 16.8 Å². The Labute approximate surface area is 184 Å². The monoisotopic (exact) mass is 444 g/mol. The molecule has 4 atom stereocenters. The number of thioether (sulfide) groups is 1. The molecular formula is C23H25FN2O4S. The number of nitrogens with one attached hydrogen (secondary N) is 1. The van der Waals surface area contributed by atoms with Gasteiger partial charge in [0.1, 0.15) is 6.10 Å². The lowest BCUT2D eigenvalue weighted by molar-refractivity contribution is 0.0175. The fourth-order valence-electron chi connectivity index (χ4n) is 5.03. The van der Waals surface area contributed by atoms with E-state index < -0.39 is 11.7 Å². The van der Waals surface area contributed by atoms with Crippen LogP contribution in [0.2, 0.25) is 0 Å². The van der Waals surface area contributed by atoms with Crippen molar-refractivity contribution in [2.75, 3.05) is 25.0 Å². The lowest BCUT2D eigenvalue weighted by atomic mass is 9.95. The van der Waals surface area contributed by atoms with Crippen molar-refractivity contribution in [2.45, 2.75) is 36.4 Å². The summed E-state index contributed by atoms with van der Waals surface area (Å²) in [4.78, 5) is 13.6. The third-order valence-electron chi connectivity index (χ3n) is 6.54. The molecule has 164 valence electrons. The molecule has 2 fully saturated rings. The SMILES string of the molecule is O=C1Nc2ccc(C(O)CN3C[C@H]4C[C@H](Oc5ccccc5F)C[C@@]4(O)C3)cc2CS1. The number of likely N-dealkylation sites (tertiary alicyclic amines) is 1. The predicted molar refractivity (Wildman–Crippen MR) is 117 cm³/mol. The summed E-state index contributed by atoms with van der Waals surface area (Å²) in [5.74, 6) is 0.465. The molecule has 6 nitrogen and oxygen atoms in total. The van der Waals surface area contributed by atoms with Crippen molar-refractivity contribution in [3.05, 3.63) is 59.4 Å². The van der Waals surface area contributed by atoms with Crippen molar-refractivity contribution in [1.82, 2.24) is 4.90 Å². The maximum absolute atomic E-state index is 13.9. The van der Waals surface area contributed by atoms with Crippen LogP contribution in [0.5, 0.6) is 5.75 Å². The Balaban J connectivity index is 1.19. The number of fused-ring (bicyclic) bond motifs is 2. The molecule has 1 saturated carbocycles. The highest BCUT2D eigenvalue weighted by Gasteiger charge is 2.52. The molecule has 3 aliphatic rings. The molecule has 1 saturated heterocycles. The highest BCUT2D eigenvalue weighted by atomic mass is 32.2. The van der Waals surface area contributed by atoms with Crippen LogP contribution >= 0.6 is 11.8 Å². The van der Waals surface area contributed by atoms with Crippen LogP contribution in [-0.4, -0.2) is 51.7 Å². The van der Waals surface area contributed by atoms with E-state index in [1.54, 1.807) is 18.2 Å².